The van der Waals surface area contributed by atoms with Crippen LogP contribution in [0.5, 0.6) is 6.01 Å². The Morgan fingerprint density at radius 1 is 1.11 bits per heavy atom. The zero-order valence-electron chi connectivity index (χ0n) is 16.1. The molecule has 0 radical (unpaired) electrons. The number of hydrogen-bond donors (Lipinski definition) is 1. The van der Waals surface area contributed by atoms with Crippen LogP contribution in [0.1, 0.15) is 10.5 Å². The number of aromatic nitrogens is 2. The summed E-state index contributed by atoms with van der Waals surface area (Å²) in [6.07, 6.45) is 0. The van der Waals surface area contributed by atoms with E-state index in [0.717, 1.165) is 42.6 Å². The Kier molecular flexibility index (Phi) is 5.08. The fourth-order valence-corrected chi connectivity index (χ4v) is 3.45. The molecule has 3 aromatic rings. The molecule has 7 heteroatoms. The van der Waals surface area contributed by atoms with Crippen molar-refractivity contribution in [1.82, 2.24) is 15.3 Å². The van der Waals surface area contributed by atoms with Crippen molar-refractivity contribution in [3.63, 3.8) is 0 Å². The molecule has 144 valence electrons. The average Bonchev–Trinajstić information content (AvgIpc) is 2.78. The third-order valence-electron chi connectivity index (χ3n) is 4.97. The maximum Gasteiger partial charge on any atom is 0.318 e. The molecule has 0 saturated carbocycles. The van der Waals surface area contributed by atoms with E-state index in [2.05, 4.69) is 20.2 Å². The van der Waals surface area contributed by atoms with E-state index in [9.17, 15) is 4.79 Å². The predicted octanol–water partition coefficient (Wildman–Crippen LogP) is 2.32. The van der Waals surface area contributed by atoms with Crippen molar-refractivity contribution in [2.45, 2.75) is 0 Å². The standard InChI is InChI=1S/C21H23N5O2/c1-25(18-9-5-7-15-6-3-4-8-16(15)18)20(27)17-14-19(24-21(23-17)28-2)26-12-10-22-11-13-26/h3-9,14,22H,10-13H2,1-2H3. The van der Waals surface area contributed by atoms with Crippen molar-refractivity contribution in [3.8, 4) is 6.01 Å². The highest BCUT2D eigenvalue weighted by Crippen LogP contribution is 2.27. The van der Waals surface area contributed by atoms with Crippen LogP contribution in [0.2, 0.25) is 0 Å². The number of piperazine rings is 1. The molecule has 1 aliphatic rings. The van der Waals surface area contributed by atoms with Gasteiger partial charge in [-0.3, -0.25) is 4.79 Å². The van der Waals surface area contributed by atoms with Gasteiger partial charge in [0.05, 0.1) is 12.8 Å². The van der Waals surface area contributed by atoms with Gasteiger partial charge in [-0.15, -0.1) is 0 Å². The van der Waals surface area contributed by atoms with E-state index in [0.29, 0.717) is 11.5 Å². The third-order valence-corrected chi connectivity index (χ3v) is 4.97. The van der Waals surface area contributed by atoms with Crippen LogP contribution in [-0.2, 0) is 0 Å². The number of amides is 1. The van der Waals surface area contributed by atoms with Crippen molar-refractivity contribution in [2.24, 2.45) is 0 Å². The molecule has 1 fully saturated rings. The van der Waals surface area contributed by atoms with E-state index in [1.165, 1.54) is 7.11 Å². The second-order valence-corrected chi connectivity index (χ2v) is 6.70. The number of nitrogens with one attached hydrogen (secondary N) is 1. The van der Waals surface area contributed by atoms with E-state index < -0.39 is 0 Å². The van der Waals surface area contributed by atoms with Crippen molar-refractivity contribution < 1.29 is 9.53 Å². The van der Waals surface area contributed by atoms with Crippen LogP contribution in [0, 0.1) is 0 Å². The van der Waals surface area contributed by atoms with Gasteiger partial charge in [0.1, 0.15) is 11.5 Å². The van der Waals surface area contributed by atoms with Gasteiger partial charge in [0, 0.05) is 44.7 Å². The Bertz CT molecular complexity index is 996. The molecule has 1 aliphatic heterocycles. The minimum absolute atomic E-state index is 0.200. The molecule has 1 saturated heterocycles. The van der Waals surface area contributed by atoms with Gasteiger partial charge in [0.15, 0.2) is 0 Å². The summed E-state index contributed by atoms with van der Waals surface area (Å²) < 4.78 is 5.26. The summed E-state index contributed by atoms with van der Waals surface area (Å²) in [4.78, 5) is 25.7. The topological polar surface area (TPSA) is 70.6 Å². The molecule has 0 unspecified atom stereocenters. The summed E-state index contributed by atoms with van der Waals surface area (Å²) in [5, 5.41) is 5.42. The van der Waals surface area contributed by atoms with Gasteiger partial charge < -0.3 is 19.9 Å². The molecular formula is C21H23N5O2. The van der Waals surface area contributed by atoms with Crippen LogP contribution in [0.4, 0.5) is 11.5 Å². The highest BCUT2D eigenvalue weighted by molar-refractivity contribution is 6.09. The average molecular weight is 377 g/mol. The number of methoxy groups -OCH3 is 1. The number of rotatable bonds is 4. The summed E-state index contributed by atoms with van der Waals surface area (Å²) in [5.74, 6) is 0.511. The van der Waals surface area contributed by atoms with Crippen LogP contribution in [0.15, 0.2) is 48.5 Å². The number of ether oxygens (including phenoxy) is 1. The first-order valence-corrected chi connectivity index (χ1v) is 9.32. The Balaban J connectivity index is 1.70. The molecular weight excluding hydrogens is 354 g/mol. The number of carbonyl (C=O) groups is 1. The zero-order chi connectivity index (χ0) is 19.5. The number of nitrogens with zero attached hydrogens (tertiary/aromatic N) is 4. The number of carbonyl (C=O) groups excluding carboxylic acids is 1. The fourth-order valence-electron chi connectivity index (χ4n) is 3.45. The normalized spacial score (nSPS) is 14.1. The molecule has 4 rings (SSSR count). The molecule has 28 heavy (non-hydrogen) atoms. The summed E-state index contributed by atoms with van der Waals surface area (Å²) in [7, 11) is 3.28. The Hall–Kier alpha value is -3.19. The molecule has 0 aliphatic carbocycles. The lowest BCUT2D eigenvalue weighted by Crippen LogP contribution is -2.44. The van der Waals surface area contributed by atoms with Crippen molar-refractivity contribution >= 4 is 28.2 Å². The SMILES string of the molecule is COc1nc(C(=O)N(C)c2cccc3ccccc23)cc(N2CCNCC2)n1. The van der Waals surface area contributed by atoms with E-state index in [1.807, 2.05) is 42.5 Å². The summed E-state index contributed by atoms with van der Waals surface area (Å²) in [5.41, 5.74) is 1.15. The molecule has 1 aromatic heterocycles. The van der Waals surface area contributed by atoms with E-state index in [1.54, 1.807) is 18.0 Å². The first-order valence-electron chi connectivity index (χ1n) is 9.32. The van der Waals surface area contributed by atoms with Crippen molar-refractivity contribution in [2.75, 3.05) is 50.1 Å². The monoisotopic (exact) mass is 377 g/mol. The Labute approximate surface area is 164 Å². The zero-order valence-corrected chi connectivity index (χ0v) is 16.1. The number of fused-ring (bicyclic) bond motifs is 1. The molecule has 0 atom stereocenters. The lowest BCUT2D eigenvalue weighted by molar-refractivity contribution is 0.0987. The maximum absolute atomic E-state index is 13.2. The lowest BCUT2D eigenvalue weighted by Gasteiger charge is -2.28. The van der Waals surface area contributed by atoms with Crippen LogP contribution in [-0.4, -0.2) is 56.2 Å². The maximum atomic E-state index is 13.2. The fraction of sp³-hybridized carbons (Fsp3) is 0.286. The number of anilines is 2. The largest absolute Gasteiger partial charge is 0.467 e. The second kappa shape index (κ2) is 7.82. The van der Waals surface area contributed by atoms with E-state index >= 15 is 0 Å². The van der Waals surface area contributed by atoms with Crippen LogP contribution in [0.3, 0.4) is 0 Å². The molecule has 1 N–H and O–H groups in total. The quantitative estimate of drug-likeness (QED) is 0.753. The Morgan fingerprint density at radius 2 is 1.86 bits per heavy atom. The third kappa shape index (κ3) is 3.48. The number of hydrogen-bond acceptors (Lipinski definition) is 6. The second-order valence-electron chi connectivity index (χ2n) is 6.70. The first kappa shape index (κ1) is 18.2. The van der Waals surface area contributed by atoms with Crippen LogP contribution >= 0.6 is 0 Å². The van der Waals surface area contributed by atoms with Gasteiger partial charge in [-0.05, 0) is 11.5 Å². The predicted molar refractivity (Wildman–Crippen MR) is 110 cm³/mol. The molecule has 2 aromatic carbocycles. The summed E-state index contributed by atoms with van der Waals surface area (Å²) >= 11 is 0. The van der Waals surface area contributed by atoms with Crippen molar-refractivity contribution in [1.29, 1.82) is 0 Å². The summed E-state index contributed by atoms with van der Waals surface area (Å²) in [6, 6.07) is 15.9. The minimum atomic E-state index is -0.201. The van der Waals surface area contributed by atoms with E-state index in [-0.39, 0.29) is 11.9 Å². The van der Waals surface area contributed by atoms with Crippen LogP contribution < -0.4 is 19.9 Å². The molecule has 1 amide bonds. The van der Waals surface area contributed by atoms with E-state index in [4.69, 9.17) is 4.74 Å². The van der Waals surface area contributed by atoms with Crippen LogP contribution in [0.25, 0.3) is 10.8 Å². The Morgan fingerprint density at radius 3 is 2.64 bits per heavy atom. The molecule has 2 heterocycles. The number of benzene rings is 2. The van der Waals surface area contributed by atoms with Gasteiger partial charge in [0.25, 0.3) is 5.91 Å². The molecule has 0 bridgehead atoms. The smallest absolute Gasteiger partial charge is 0.318 e. The van der Waals surface area contributed by atoms with Crippen molar-refractivity contribution in [3.05, 3.63) is 54.2 Å². The first-order chi connectivity index (χ1) is 13.7. The molecule has 7 nitrogen and oxygen atoms in total. The lowest BCUT2D eigenvalue weighted by atomic mass is 10.1. The van der Waals surface area contributed by atoms with Gasteiger partial charge in [-0.1, -0.05) is 36.4 Å². The van der Waals surface area contributed by atoms with Gasteiger partial charge in [-0.25, -0.2) is 0 Å². The highest BCUT2D eigenvalue weighted by atomic mass is 16.5. The van der Waals surface area contributed by atoms with Gasteiger partial charge >= 0.3 is 6.01 Å². The summed E-state index contributed by atoms with van der Waals surface area (Å²) in [6.45, 7) is 3.41. The molecule has 0 spiro atoms. The van der Waals surface area contributed by atoms with Gasteiger partial charge in [-0.2, -0.15) is 9.97 Å². The van der Waals surface area contributed by atoms with Gasteiger partial charge in [0.2, 0.25) is 0 Å². The highest BCUT2D eigenvalue weighted by Gasteiger charge is 2.21. The minimum Gasteiger partial charge on any atom is -0.467 e.